The van der Waals surface area contributed by atoms with Gasteiger partial charge in [-0.15, -0.1) is 0 Å². The van der Waals surface area contributed by atoms with Gasteiger partial charge < -0.3 is 15.5 Å². The van der Waals surface area contributed by atoms with E-state index >= 15 is 0 Å². The largest absolute Gasteiger partial charge is 0.384 e. The number of anilines is 2. The number of nitrogens with one attached hydrogen (secondary N) is 2. The average molecular weight is 456 g/mol. The molecular formula is C29H37N5. The van der Waals surface area contributed by atoms with Crippen LogP contribution in [0.25, 0.3) is 17.0 Å². The molecule has 2 N–H and O–H groups in total. The molecule has 0 saturated heterocycles. The van der Waals surface area contributed by atoms with Gasteiger partial charge in [-0.2, -0.15) is 0 Å². The molecule has 1 aromatic heterocycles. The van der Waals surface area contributed by atoms with E-state index in [0.717, 1.165) is 59.7 Å². The molecule has 34 heavy (non-hydrogen) atoms. The summed E-state index contributed by atoms with van der Waals surface area (Å²) >= 11 is 0. The van der Waals surface area contributed by atoms with Crippen molar-refractivity contribution in [2.45, 2.75) is 33.6 Å². The first-order valence-corrected chi connectivity index (χ1v) is 11.9. The molecule has 5 nitrogen and oxygen atoms in total. The van der Waals surface area contributed by atoms with Gasteiger partial charge in [-0.1, -0.05) is 43.9 Å². The average Bonchev–Trinajstić information content (AvgIpc) is 2.83. The van der Waals surface area contributed by atoms with Crippen LogP contribution in [0, 0.1) is 6.92 Å². The van der Waals surface area contributed by atoms with Crippen molar-refractivity contribution in [1.29, 1.82) is 0 Å². The summed E-state index contributed by atoms with van der Waals surface area (Å²) in [7, 11) is 4.14. The van der Waals surface area contributed by atoms with Crippen molar-refractivity contribution < 1.29 is 0 Å². The first-order chi connectivity index (χ1) is 16.4. The number of benzene rings is 2. The van der Waals surface area contributed by atoms with Crippen LogP contribution in [0.2, 0.25) is 0 Å². The molecule has 0 fully saturated rings. The van der Waals surface area contributed by atoms with Gasteiger partial charge in [0.2, 0.25) is 5.95 Å². The first kappa shape index (κ1) is 25.2. The van der Waals surface area contributed by atoms with Gasteiger partial charge >= 0.3 is 0 Å². The van der Waals surface area contributed by atoms with Crippen LogP contribution in [0.4, 0.5) is 11.6 Å². The Morgan fingerprint density at radius 3 is 2.68 bits per heavy atom. The SMILES string of the molecule is C=C(NCCN(C)C)c1cc(C/C=C/C)cc(Nc2ncc(C)c(-c3cccc(CC)c3)n2)c1. The molecule has 0 aliphatic rings. The van der Waals surface area contributed by atoms with Gasteiger partial charge in [0.25, 0.3) is 0 Å². The van der Waals surface area contributed by atoms with E-state index in [4.69, 9.17) is 4.98 Å². The molecule has 0 atom stereocenters. The van der Waals surface area contributed by atoms with E-state index < -0.39 is 0 Å². The number of likely N-dealkylation sites (N-methyl/N-ethyl adjacent to an activating group) is 1. The third-order valence-corrected chi connectivity index (χ3v) is 5.66. The van der Waals surface area contributed by atoms with Gasteiger partial charge in [0.15, 0.2) is 0 Å². The van der Waals surface area contributed by atoms with Gasteiger partial charge in [0, 0.05) is 36.2 Å². The molecule has 3 aromatic rings. The fourth-order valence-corrected chi connectivity index (χ4v) is 3.70. The zero-order valence-electron chi connectivity index (χ0n) is 21.2. The lowest BCUT2D eigenvalue weighted by atomic mass is 10.0. The number of nitrogens with zero attached hydrogens (tertiary/aromatic N) is 3. The minimum Gasteiger partial charge on any atom is -0.384 e. The number of allylic oxidation sites excluding steroid dienone is 2. The molecular weight excluding hydrogens is 418 g/mol. The summed E-state index contributed by atoms with van der Waals surface area (Å²) in [5.41, 5.74) is 8.55. The Morgan fingerprint density at radius 1 is 1.12 bits per heavy atom. The Morgan fingerprint density at radius 2 is 1.94 bits per heavy atom. The zero-order valence-corrected chi connectivity index (χ0v) is 21.2. The van der Waals surface area contributed by atoms with E-state index in [1.54, 1.807) is 0 Å². The van der Waals surface area contributed by atoms with Crippen LogP contribution < -0.4 is 10.6 Å². The highest BCUT2D eigenvalue weighted by Gasteiger charge is 2.10. The van der Waals surface area contributed by atoms with Gasteiger partial charge in [-0.25, -0.2) is 9.97 Å². The zero-order chi connectivity index (χ0) is 24.5. The Labute approximate surface area is 204 Å². The van der Waals surface area contributed by atoms with Crippen molar-refractivity contribution in [3.8, 4) is 11.3 Å². The standard InChI is InChI=1S/C29H37N5/c1-7-9-11-24-17-26(22(4)30-14-15-34(5)6)19-27(18-24)32-29-31-20-21(3)28(33-29)25-13-10-12-23(8-2)16-25/h7,9-10,12-13,16-20,30H,4,8,11,14-15H2,1-3,5-6H3,(H,31,32,33)/b9-7+. The molecule has 0 amide bonds. The molecule has 0 aliphatic carbocycles. The highest BCUT2D eigenvalue weighted by Crippen LogP contribution is 2.26. The Kier molecular flexibility index (Phi) is 9.00. The lowest BCUT2D eigenvalue weighted by Gasteiger charge is -2.16. The first-order valence-electron chi connectivity index (χ1n) is 11.9. The van der Waals surface area contributed by atoms with E-state index in [0.29, 0.717) is 5.95 Å². The third-order valence-electron chi connectivity index (χ3n) is 5.66. The smallest absolute Gasteiger partial charge is 0.227 e. The topological polar surface area (TPSA) is 53.1 Å². The summed E-state index contributed by atoms with van der Waals surface area (Å²) in [6.07, 6.45) is 7.97. The maximum atomic E-state index is 4.87. The van der Waals surface area contributed by atoms with Gasteiger partial charge in [0.05, 0.1) is 5.69 Å². The fraction of sp³-hybridized carbons (Fsp3) is 0.310. The fourth-order valence-electron chi connectivity index (χ4n) is 3.70. The van der Waals surface area contributed by atoms with Crippen molar-refractivity contribution in [2.75, 3.05) is 32.5 Å². The predicted octanol–water partition coefficient (Wildman–Crippen LogP) is 6.00. The number of hydrogen-bond donors (Lipinski definition) is 2. The van der Waals surface area contributed by atoms with Crippen LogP contribution in [0.5, 0.6) is 0 Å². The van der Waals surface area contributed by atoms with E-state index in [2.05, 4.69) is 110 Å². The monoisotopic (exact) mass is 455 g/mol. The maximum absolute atomic E-state index is 4.87. The molecule has 0 spiro atoms. The van der Waals surface area contributed by atoms with Crippen LogP contribution in [0.15, 0.2) is 67.4 Å². The molecule has 0 saturated carbocycles. The minimum atomic E-state index is 0.586. The molecule has 178 valence electrons. The van der Waals surface area contributed by atoms with Crippen LogP contribution in [-0.2, 0) is 12.8 Å². The van der Waals surface area contributed by atoms with E-state index in [1.165, 1.54) is 11.1 Å². The Balaban J connectivity index is 1.89. The number of aryl methyl sites for hydroxylation is 2. The quantitative estimate of drug-likeness (QED) is 0.347. The van der Waals surface area contributed by atoms with Crippen LogP contribution in [-0.4, -0.2) is 42.1 Å². The second-order valence-corrected chi connectivity index (χ2v) is 8.80. The summed E-state index contributed by atoms with van der Waals surface area (Å²) in [5.74, 6) is 0.586. The number of hydrogen-bond acceptors (Lipinski definition) is 5. The third kappa shape index (κ3) is 7.03. The summed E-state index contributed by atoms with van der Waals surface area (Å²) in [5, 5.41) is 6.87. The van der Waals surface area contributed by atoms with Crippen molar-refractivity contribution in [1.82, 2.24) is 20.2 Å². The van der Waals surface area contributed by atoms with E-state index in [-0.39, 0.29) is 0 Å². The minimum absolute atomic E-state index is 0.586. The molecule has 0 unspecified atom stereocenters. The molecule has 1 heterocycles. The molecule has 0 aliphatic heterocycles. The predicted molar refractivity (Wildman–Crippen MR) is 145 cm³/mol. The second-order valence-electron chi connectivity index (χ2n) is 8.80. The van der Waals surface area contributed by atoms with Crippen molar-refractivity contribution in [3.63, 3.8) is 0 Å². The van der Waals surface area contributed by atoms with Crippen molar-refractivity contribution in [2.24, 2.45) is 0 Å². The summed E-state index contributed by atoms with van der Waals surface area (Å²) in [6.45, 7) is 12.3. The Hall–Kier alpha value is -3.44. The lowest BCUT2D eigenvalue weighted by Crippen LogP contribution is -2.25. The molecule has 0 radical (unpaired) electrons. The summed E-state index contributed by atoms with van der Waals surface area (Å²) in [4.78, 5) is 11.6. The van der Waals surface area contributed by atoms with Gasteiger partial charge in [-0.05, 0) is 87.3 Å². The number of aromatic nitrogens is 2. The van der Waals surface area contributed by atoms with E-state index in [9.17, 15) is 0 Å². The lowest BCUT2D eigenvalue weighted by molar-refractivity contribution is 0.411. The maximum Gasteiger partial charge on any atom is 0.227 e. The van der Waals surface area contributed by atoms with Crippen LogP contribution >= 0.6 is 0 Å². The van der Waals surface area contributed by atoms with Crippen LogP contribution in [0.3, 0.4) is 0 Å². The highest BCUT2D eigenvalue weighted by atomic mass is 15.1. The summed E-state index contributed by atoms with van der Waals surface area (Å²) < 4.78 is 0. The van der Waals surface area contributed by atoms with Gasteiger partial charge in [-0.3, -0.25) is 0 Å². The van der Waals surface area contributed by atoms with E-state index in [1.807, 2.05) is 13.1 Å². The molecule has 5 heteroatoms. The second kappa shape index (κ2) is 12.1. The Bertz CT molecular complexity index is 1150. The molecule has 3 rings (SSSR count). The highest BCUT2D eigenvalue weighted by molar-refractivity contribution is 5.70. The molecule has 0 bridgehead atoms. The normalized spacial score (nSPS) is 11.2. The summed E-state index contributed by atoms with van der Waals surface area (Å²) in [6, 6.07) is 15.0. The molecule has 2 aromatic carbocycles. The van der Waals surface area contributed by atoms with Gasteiger partial charge in [0.1, 0.15) is 0 Å². The van der Waals surface area contributed by atoms with Crippen molar-refractivity contribution in [3.05, 3.63) is 89.6 Å². The van der Waals surface area contributed by atoms with Crippen molar-refractivity contribution >= 4 is 17.3 Å². The van der Waals surface area contributed by atoms with Crippen LogP contribution in [0.1, 0.15) is 36.1 Å². The number of rotatable bonds is 11.